The van der Waals surface area contributed by atoms with E-state index >= 15 is 0 Å². The fourth-order valence-electron chi connectivity index (χ4n) is 2.02. The van der Waals surface area contributed by atoms with E-state index in [2.05, 4.69) is 6.58 Å². The molecule has 0 aromatic carbocycles. The first-order valence-corrected chi connectivity index (χ1v) is 4.29. The summed E-state index contributed by atoms with van der Waals surface area (Å²) in [5.74, 6) is 0. The van der Waals surface area contributed by atoms with Gasteiger partial charge in [-0.2, -0.15) is 0 Å². The fraction of sp³-hybridized carbons (Fsp3) is 0.700. The topological polar surface area (TPSA) is 17.1 Å². The molecule has 0 unspecified atom stereocenters. The van der Waals surface area contributed by atoms with Gasteiger partial charge in [0.05, 0.1) is 0 Å². The Balaban J connectivity index is 2.59. The van der Waals surface area contributed by atoms with Gasteiger partial charge < -0.3 is 4.79 Å². The molecule has 0 atom stereocenters. The van der Waals surface area contributed by atoms with Crippen LogP contribution in [0.1, 0.15) is 39.0 Å². The summed E-state index contributed by atoms with van der Waals surface area (Å²) >= 11 is 0. The van der Waals surface area contributed by atoms with Crippen LogP contribution in [0.3, 0.4) is 0 Å². The van der Waals surface area contributed by atoms with Crippen molar-refractivity contribution in [2.45, 2.75) is 39.0 Å². The predicted octanol–water partition coefficient (Wildman–Crippen LogP) is 2.71. The second-order valence-corrected chi connectivity index (χ2v) is 3.82. The fourth-order valence-corrected chi connectivity index (χ4v) is 2.02. The Morgan fingerprint density at radius 1 is 1.55 bits per heavy atom. The molecular weight excluding hydrogens is 136 g/mol. The van der Waals surface area contributed by atoms with E-state index in [-0.39, 0.29) is 5.41 Å². The zero-order valence-corrected chi connectivity index (χ0v) is 7.23. The van der Waals surface area contributed by atoms with Gasteiger partial charge in [-0.05, 0) is 26.2 Å². The molecular formula is C10H16O. The van der Waals surface area contributed by atoms with E-state index in [4.69, 9.17) is 0 Å². The van der Waals surface area contributed by atoms with Gasteiger partial charge >= 0.3 is 0 Å². The van der Waals surface area contributed by atoms with Crippen molar-refractivity contribution in [3.63, 3.8) is 0 Å². The summed E-state index contributed by atoms with van der Waals surface area (Å²) in [7, 11) is 0. The van der Waals surface area contributed by atoms with Crippen LogP contribution in [0.5, 0.6) is 0 Å². The molecule has 1 fully saturated rings. The summed E-state index contributed by atoms with van der Waals surface area (Å²) in [5, 5.41) is 0. The van der Waals surface area contributed by atoms with Crippen LogP contribution >= 0.6 is 0 Å². The van der Waals surface area contributed by atoms with E-state index in [0.717, 1.165) is 31.1 Å². The largest absolute Gasteiger partial charge is 0.303 e. The molecule has 0 saturated heterocycles. The number of carbonyl (C=O) groups is 1. The Labute approximate surface area is 68.5 Å². The number of carbonyl (C=O) groups excluding carboxylic acids is 1. The monoisotopic (exact) mass is 152 g/mol. The maximum atomic E-state index is 10.8. The summed E-state index contributed by atoms with van der Waals surface area (Å²) in [6, 6.07) is 0. The van der Waals surface area contributed by atoms with Gasteiger partial charge in [0, 0.05) is 5.41 Å². The minimum atomic E-state index is -0.0220. The molecule has 62 valence electrons. The van der Waals surface area contributed by atoms with Gasteiger partial charge in [-0.15, -0.1) is 6.58 Å². The summed E-state index contributed by atoms with van der Waals surface area (Å²) in [4.78, 5) is 10.8. The maximum Gasteiger partial charge on any atom is 0.126 e. The summed E-state index contributed by atoms with van der Waals surface area (Å²) in [6.45, 7) is 5.86. The third-order valence-electron chi connectivity index (χ3n) is 2.50. The van der Waals surface area contributed by atoms with Crippen molar-refractivity contribution in [3.8, 4) is 0 Å². The lowest BCUT2D eigenvalue weighted by molar-refractivity contribution is -0.115. The van der Waals surface area contributed by atoms with Crippen molar-refractivity contribution in [1.29, 1.82) is 0 Å². The van der Waals surface area contributed by atoms with Gasteiger partial charge in [-0.25, -0.2) is 0 Å². The van der Waals surface area contributed by atoms with Gasteiger partial charge in [0.2, 0.25) is 0 Å². The second-order valence-electron chi connectivity index (χ2n) is 3.82. The molecule has 1 aliphatic carbocycles. The van der Waals surface area contributed by atoms with Gasteiger partial charge in [-0.3, -0.25) is 0 Å². The molecule has 1 saturated carbocycles. The Hall–Kier alpha value is -0.590. The van der Waals surface area contributed by atoms with E-state index in [1.807, 2.05) is 6.92 Å². The molecule has 0 amide bonds. The van der Waals surface area contributed by atoms with Crippen LogP contribution < -0.4 is 0 Å². The van der Waals surface area contributed by atoms with E-state index < -0.39 is 0 Å². The Kier molecular flexibility index (Phi) is 2.48. The summed E-state index contributed by atoms with van der Waals surface area (Å²) < 4.78 is 0. The average Bonchev–Trinajstić information content (AvgIpc) is 2.36. The molecule has 1 aliphatic rings. The van der Waals surface area contributed by atoms with Gasteiger partial charge in [-0.1, -0.05) is 18.4 Å². The smallest absolute Gasteiger partial charge is 0.126 e. The van der Waals surface area contributed by atoms with Crippen LogP contribution in [0.25, 0.3) is 0 Å². The van der Waals surface area contributed by atoms with Crippen LogP contribution in [0.2, 0.25) is 0 Å². The number of rotatable bonds is 3. The van der Waals surface area contributed by atoms with Crippen LogP contribution in [0.4, 0.5) is 0 Å². The lowest BCUT2D eigenvalue weighted by Crippen LogP contribution is -2.17. The SMILES string of the molecule is C=C(C)CC1(C=O)CCCC1. The second kappa shape index (κ2) is 3.21. The maximum absolute atomic E-state index is 10.8. The molecule has 1 rings (SSSR count). The first-order chi connectivity index (χ1) is 5.18. The van der Waals surface area contributed by atoms with Crippen molar-refractivity contribution in [2.75, 3.05) is 0 Å². The molecule has 0 heterocycles. The summed E-state index contributed by atoms with van der Waals surface area (Å²) in [6.07, 6.45) is 6.62. The predicted molar refractivity (Wildman–Crippen MR) is 46.4 cm³/mol. The third-order valence-corrected chi connectivity index (χ3v) is 2.50. The van der Waals surface area contributed by atoms with Crippen molar-refractivity contribution in [3.05, 3.63) is 12.2 Å². The van der Waals surface area contributed by atoms with E-state index in [1.165, 1.54) is 12.8 Å². The molecule has 0 aliphatic heterocycles. The molecule has 0 bridgehead atoms. The highest BCUT2D eigenvalue weighted by Gasteiger charge is 2.32. The summed E-state index contributed by atoms with van der Waals surface area (Å²) in [5.41, 5.74) is 1.12. The normalized spacial score (nSPS) is 21.5. The Morgan fingerprint density at radius 3 is 2.45 bits per heavy atom. The van der Waals surface area contributed by atoms with E-state index in [9.17, 15) is 4.79 Å². The third kappa shape index (κ3) is 1.92. The van der Waals surface area contributed by atoms with E-state index in [1.54, 1.807) is 0 Å². The first-order valence-electron chi connectivity index (χ1n) is 4.29. The van der Waals surface area contributed by atoms with Gasteiger partial charge in [0.15, 0.2) is 0 Å². The number of aldehydes is 1. The van der Waals surface area contributed by atoms with Crippen LogP contribution in [-0.4, -0.2) is 6.29 Å². The standard InChI is InChI=1S/C10H16O/c1-9(2)7-10(8-11)5-3-4-6-10/h8H,1,3-7H2,2H3. The zero-order chi connectivity index (χ0) is 8.32. The van der Waals surface area contributed by atoms with Crippen LogP contribution in [-0.2, 0) is 4.79 Å². The van der Waals surface area contributed by atoms with E-state index in [0.29, 0.717) is 0 Å². The Morgan fingerprint density at radius 2 is 2.09 bits per heavy atom. The average molecular weight is 152 g/mol. The molecule has 0 radical (unpaired) electrons. The quantitative estimate of drug-likeness (QED) is 0.449. The van der Waals surface area contributed by atoms with Crippen LogP contribution in [0.15, 0.2) is 12.2 Å². The van der Waals surface area contributed by atoms with Crippen molar-refractivity contribution < 1.29 is 4.79 Å². The van der Waals surface area contributed by atoms with Crippen molar-refractivity contribution in [2.24, 2.45) is 5.41 Å². The highest BCUT2D eigenvalue weighted by molar-refractivity contribution is 5.60. The lowest BCUT2D eigenvalue weighted by atomic mass is 9.82. The molecule has 0 N–H and O–H groups in total. The lowest BCUT2D eigenvalue weighted by Gasteiger charge is -2.21. The molecule has 0 aromatic heterocycles. The highest BCUT2D eigenvalue weighted by atomic mass is 16.1. The van der Waals surface area contributed by atoms with Crippen LogP contribution in [0, 0.1) is 5.41 Å². The number of hydrogen-bond acceptors (Lipinski definition) is 1. The molecule has 0 spiro atoms. The van der Waals surface area contributed by atoms with Crippen molar-refractivity contribution >= 4 is 6.29 Å². The molecule has 1 heteroatoms. The van der Waals surface area contributed by atoms with Gasteiger partial charge in [0.25, 0.3) is 0 Å². The first kappa shape index (κ1) is 8.51. The number of hydrogen-bond donors (Lipinski definition) is 0. The molecule has 0 aromatic rings. The molecule has 1 nitrogen and oxygen atoms in total. The minimum absolute atomic E-state index is 0.0220. The Bertz CT molecular complexity index is 164. The van der Waals surface area contributed by atoms with Crippen molar-refractivity contribution in [1.82, 2.24) is 0 Å². The van der Waals surface area contributed by atoms with Gasteiger partial charge in [0.1, 0.15) is 6.29 Å². The zero-order valence-electron chi connectivity index (χ0n) is 7.23. The molecule has 11 heavy (non-hydrogen) atoms. The highest BCUT2D eigenvalue weighted by Crippen LogP contribution is 2.40. The number of allylic oxidation sites excluding steroid dienone is 1. The minimum Gasteiger partial charge on any atom is -0.303 e.